The van der Waals surface area contributed by atoms with E-state index in [9.17, 15) is 0 Å². The van der Waals surface area contributed by atoms with Crippen molar-refractivity contribution in [2.45, 2.75) is 6.61 Å². The second kappa shape index (κ2) is 4.80. The summed E-state index contributed by atoms with van der Waals surface area (Å²) in [7, 11) is 0. The highest BCUT2D eigenvalue weighted by atomic mass is 35.5. The third-order valence-corrected chi connectivity index (χ3v) is 1.57. The van der Waals surface area contributed by atoms with Crippen LogP contribution in [0.2, 0.25) is 5.02 Å². The maximum absolute atomic E-state index is 5.70. The fraction of sp³-hybridized carbons (Fsp3) is 0.111. The molecule has 0 aliphatic rings. The Balaban J connectivity index is 2.42. The van der Waals surface area contributed by atoms with Crippen molar-refractivity contribution in [3.8, 4) is 0 Å². The van der Waals surface area contributed by atoms with Crippen LogP contribution in [0.3, 0.4) is 0 Å². The Bertz CT molecular complexity index is 245. The highest BCUT2D eigenvalue weighted by molar-refractivity contribution is 6.30. The molecule has 0 aromatic heterocycles. The SMILES string of the molecule is C=CNOCc1ccc(Cl)cc1. The maximum Gasteiger partial charge on any atom is 0.0996 e. The molecule has 0 heterocycles. The lowest BCUT2D eigenvalue weighted by molar-refractivity contribution is 0.0578. The molecule has 1 aromatic rings. The zero-order valence-electron chi connectivity index (χ0n) is 6.59. The summed E-state index contributed by atoms with van der Waals surface area (Å²) in [6, 6.07) is 7.47. The van der Waals surface area contributed by atoms with Crippen LogP contribution in [-0.2, 0) is 11.4 Å². The molecule has 0 fully saturated rings. The topological polar surface area (TPSA) is 21.3 Å². The van der Waals surface area contributed by atoms with E-state index < -0.39 is 0 Å². The molecule has 2 nitrogen and oxygen atoms in total. The average Bonchev–Trinajstić information content (AvgIpc) is 2.09. The van der Waals surface area contributed by atoms with Crippen LogP contribution < -0.4 is 5.48 Å². The summed E-state index contributed by atoms with van der Waals surface area (Å²) in [5.74, 6) is 0. The third-order valence-electron chi connectivity index (χ3n) is 1.32. The van der Waals surface area contributed by atoms with Crippen molar-refractivity contribution in [3.63, 3.8) is 0 Å². The minimum Gasteiger partial charge on any atom is -0.275 e. The summed E-state index contributed by atoms with van der Waals surface area (Å²) < 4.78 is 0. The van der Waals surface area contributed by atoms with Crippen molar-refractivity contribution in [1.82, 2.24) is 5.48 Å². The Kier molecular flexibility index (Phi) is 3.64. The molecule has 12 heavy (non-hydrogen) atoms. The first-order valence-corrected chi connectivity index (χ1v) is 3.93. The summed E-state index contributed by atoms with van der Waals surface area (Å²) in [4.78, 5) is 5.00. The lowest BCUT2D eigenvalue weighted by atomic mass is 10.2. The van der Waals surface area contributed by atoms with E-state index >= 15 is 0 Å². The van der Waals surface area contributed by atoms with Crippen LogP contribution in [0.4, 0.5) is 0 Å². The molecular weight excluding hydrogens is 174 g/mol. The molecule has 3 heteroatoms. The summed E-state index contributed by atoms with van der Waals surface area (Å²) in [6.07, 6.45) is 1.48. The number of rotatable bonds is 4. The highest BCUT2D eigenvalue weighted by Crippen LogP contribution is 2.09. The van der Waals surface area contributed by atoms with Crippen molar-refractivity contribution in [2.24, 2.45) is 0 Å². The Morgan fingerprint density at radius 1 is 1.42 bits per heavy atom. The van der Waals surface area contributed by atoms with Crippen molar-refractivity contribution < 1.29 is 4.84 Å². The normalized spacial score (nSPS) is 9.42. The zero-order valence-corrected chi connectivity index (χ0v) is 7.34. The van der Waals surface area contributed by atoms with Crippen molar-refractivity contribution in [3.05, 3.63) is 47.6 Å². The van der Waals surface area contributed by atoms with E-state index in [0.717, 1.165) is 10.6 Å². The molecule has 0 unspecified atom stereocenters. The van der Waals surface area contributed by atoms with Gasteiger partial charge in [-0.3, -0.25) is 10.3 Å². The van der Waals surface area contributed by atoms with Crippen molar-refractivity contribution >= 4 is 11.6 Å². The fourth-order valence-corrected chi connectivity index (χ4v) is 0.891. The molecule has 1 rings (SSSR count). The van der Waals surface area contributed by atoms with Crippen LogP contribution in [-0.4, -0.2) is 0 Å². The average molecular weight is 184 g/mol. The number of nitrogens with one attached hydrogen (secondary N) is 1. The lowest BCUT2D eigenvalue weighted by Gasteiger charge is -2.01. The van der Waals surface area contributed by atoms with Gasteiger partial charge in [0.25, 0.3) is 0 Å². The Morgan fingerprint density at radius 3 is 2.67 bits per heavy atom. The Morgan fingerprint density at radius 2 is 2.08 bits per heavy atom. The van der Waals surface area contributed by atoms with E-state index in [1.807, 2.05) is 24.3 Å². The summed E-state index contributed by atoms with van der Waals surface area (Å²) in [5.41, 5.74) is 3.61. The van der Waals surface area contributed by atoms with Crippen molar-refractivity contribution in [2.75, 3.05) is 0 Å². The minimum absolute atomic E-state index is 0.503. The molecule has 64 valence electrons. The van der Waals surface area contributed by atoms with Gasteiger partial charge in [-0.2, -0.15) is 0 Å². The van der Waals surface area contributed by atoms with Gasteiger partial charge in [-0.25, -0.2) is 0 Å². The molecule has 0 aliphatic heterocycles. The Hall–Kier alpha value is -0.990. The van der Waals surface area contributed by atoms with Crippen LogP contribution in [0, 0.1) is 0 Å². The summed E-state index contributed by atoms with van der Waals surface area (Å²) in [5, 5.41) is 0.732. The van der Waals surface area contributed by atoms with Gasteiger partial charge in [-0.1, -0.05) is 30.3 Å². The van der Waals surface area contributed by atoms with Crippen LogP contribution >= 0.6 is 11.6 Å². The van der Waals surface area contributed by atoms with E-state index in [-0.39, 0.29) is 0 Å². The quantitative estimate of drug-likeness (QED) is 0.572. The Labute approximate surface area is 76.8 Å². The first-order valence-electron chi connectivity index (χ1n) is 3.55. The molecule has 0 radical (unpaired) electrons. The van der Waals surface area contributed by atoms with Gasteiger partial charge < -0.3 is 0 Å². The fourth-order valence-electron chi connectivity index (χ4n) is 0.765. The highest BCUT2D eigenvalue weighted by Gasteiger charge is 1.91. The van der Waals surface area contributed by atoms with Gasteiger partial charge >= 0.3 is 0 Å². The van der Waals surface area contributed by atoms with Gasteiger partial charge in [0.05, 0.1) is 6.61 Å². The number of benzene rings is 1. The van der Waals surface area contributed by atoms with Gasteiger partial charge in [0.15, 0.2) is 0 Å². The third kappa shape index (κ3) is 2.95. The van der Waals surface area contributed by atoms with Crippen LogP contribution in [0.25, 0.3) is 0 Å². The number of hydrogen-bond acceptors (Lipinski definition) is 2. The smallest absolute Gasteiger partial charge is 0.0996 e. The van der Waals surface area contributed by atoms with E-state index in [2.05, 4.69) is 12.1 Å². The number of halogens is 1. The van der Waals surface area contributed by atoms with E-state index in [1.54, 1.807) is 0 Å². The van der Waals surface area contributed by atoms with Gasteiger partial charge in [0.2, 0.25) is 0 Å². The molecule has 1 N–H and O–H groups in total. The maximum atomic E-state index is 5.70. The monoisotopic (exact) mass is 183 g/mol. The van der Waals surface area contributed by atoms with Crippen molar-refractivity contribution in [1.29, 1.82) is 0 Å². The standard InChI is InChI=1S/C9H10ClNO/c1-2-11-12-7-8-3-5-9(10)6-4-8/h2-6,11H,1,7H2. The zero-order chi connectivity index (χ0) is 8.81. The van der Waals surface area contributed by atoms with Gasteiger partial charge in [-0.15, -0.1) is 0 Å². The van der Waals surface area contributed by atoms with E-state index in [1.165, 1.54) is 6.20 Å². The van der Waals surface area contributed by atoms with Crippen LogP contribution in [0.5, 0.6) is 0 Å². The van der Waals surface area contributed by atoms with Crippen LogP contribution in [0.1, 0.15) is 5.56 Å². The minimum atomic E-state index is 0.503. The van der Waals surface area contributed by atoms with Crippen LogP contribution in [0.15, 0.2) is 37.0 Å². The molecular formula is C9H10ClNO. The lowest BCUT2D eigenvalue weighted by Crippen LogP contribution is -2.05. The predicted molar refractivity (Wildman–Crippen MR) is 49.6 cm³/mol. The van der Waals surface area contributed by atoms with Gasteiger partial charge in [0.1, 0.15) is 0 Å². The number of hydrogen-bond donors (Lipinski definition) is 1. The first-order chi connectivity index (χ1) is 5.83. The molecule has 0 saturated heterocycles. The number of hydroxylamine groups is 1. The molecule has 0 atom stereocenters. The molecule has 0 saturated carbocycles. The van der Waals surface area contributed by atoms with Gasteiger partial charge in [0, 0.05) is 11.2 Å². The molecule has 1 aromatic carbocycles. The summed E-state index contributed by atoms with van der Waals surface area (Å²) in [6.45, 7) is 3.95. The predicted octanol–water partition coefficient (Wildman–Crippen LogP) is 2.50. The van der Waals surface area contributed by atoms with E-state index in [4.69, 9.17) is 16.4 Å². The molecule has 0 aliphatic carbocycles. The molecule has 0 amide bonds. The first kappa shape index (κ1) is 9.10. The molecule has 0 bridgehead atoms. The second-order valence-electron chi connectivity index (χ2n) is 2.24. The largest absolute Gasteiger partial charge is 0.275 e. The molecule has 0 spiro atoms. The van der Waals surface area contributed by atoms with E-state index in [0.29, 0.717) is 6.61 Å². The summed E-state index contributed by atoms with van der Waals surface area (Å²) >= 11 is 5.70. The second-order valence-corrected chi connectivity index (χ2v) is 2.67. The van der Waals surface area contributed by atoms with Gasteiger partial charge in [-0.05, 0) is 17.7 Å².